The largest absolute Gasteiger partial charge is 0.480 e. The molecule has 1 aliphatic heterocycles. The van der Waals surface area contributed by atoms with E-state index >= 15 is 0 Å². The van der Waals surface area contributed by atoms with Crippen molar-refractivity contribution >= 4 is 38.7 Å². The minimum atomic E-state index is -0.694. The maximum atomic E-state index is 11.9. The highest BCUT2D eigenvalue weighted by Crippen LogP contribution is 2.42. The summed E-state index contributed by atoms with van der Waals surface area (Å²) >= 11 is 3.53. The molecular weight excluding hydrogens is 350 g/mol. The number of carboxylic acid groups (broad SMARTS) is 1. The predicted molar refractivity (Wildman–Crippen MR) is 105 cm³/mol. The molecule has 4 rings (SSSR count). The molecule has 5 heteroatoms. The molecule has 0 saturated carbocycles. The van der Waals surface area contributed by atoms with Crippen molar-refractivity contribution in [1.82, 2.24) is 4.90 Å². The van der Waals surface area contributed by atoms with Gasteiger partial charge in [-0.05, 0) is 60.8 Å². The van der Waals surface area contributed by atoms with Crippen molar-refractivity contribution in [1.29, 1.82) is 0 Å². The summed E-state index contributed by atoms with van der Waals surface area (Å²) in [5.41, 5.74) is 1.25. The summed E-state index contributed by atoms with van der Waals surface area (Å²) < 4.78 is 1.26. The molecule has 0 amide bonds. The second-order valence-corrected chi connectivity index (χ2v) is 8.71. The van der Waals surface area contributed by atoms with E-state index in [4.69, 9.17) is 0 Å². The molecule has 3 nitrogen and oxygen atoms in total. The normalized spacial score (nSPS) is 20.0. The molecule has 3 heterocycles. The SMILES string of the molecule is Cc1ccsc1C(c1cc2ccccc2s1)N1CCCCC1C(=O)O. The number of benzene rings is 1. The molecule has 0 bridgehead atoms. The summed E-state index contributed by atoms with van der Waals surface area (Å²) in [6.45, 7) is 2.97. The van der Waals surface area contributed by atoms with Gasteiger partial charge in [0.25, 0.3) is 0 Å². The molecule has 0 radical (unpaired) electrons. The summed E-state index contributed by atoms with van der Waals surface area (Å²) in [6, 6.07) is 12.4. The Morgan fingerprint density at radius 2 is 2.12 bits per heavy atom. The number of carbonyl (C=O) groups is 1. The Morgan fingerprint density at radius 3 is 2.84 bits per heavy atom. The Bertz CT molecular complexity index is 865. The summed E-state index contributed by atoms with van der Waals surface area (Å²) in [5, 5.41) is 13.1. The quantitative estimate of drug-likeness (QED) is 0.676. The molecule has 1 aliphatic rings. The van der Waals surface area contributed by atoms with Gasteiger partial charge in [0.2, 0.25) is 0 Å². The molecule has 0 aliphatic carbocycles. The minimum Gasteiger partial charge on any atom is -0.480 e. The Balaban J connectivity index is 1.84. The van der Waals surface area contributed by atoms with E-state index in [1.165, 1.54) is 25.4 Å². The Morgan fingerprint density at radius 1 is 1.28 bits per heavy atom. The average molecular weight is 372 g/mol. The van der Waals surface area contributed by atoms with Crippen LogP contribution in [0.1, 0.15) is 40.6 Å². The van der Waals surface area contributed by atoms with E-state index in [9.17, 15) is 9.90 Å². The molecule has 1 fully saturated rings. The summed E-state index contributed by atoms with van der Waals surface area (Å²) in [6.07, 6.45) is 2.80. The van der Waals surface area contributed by atoms with Crippen LogP contribution in [0.15, 0.2) is 41.8 Å². The summed E-state index contributed by atoms with van der Waals surface area (Å²) in [4.78, 5) is 16.6. The predicted octanol–water partition coefficient (Wildman–Crippen LogP) is 5.30. The first kappa shape index (κ1) is 16.8. The molecule has 0 spiro atoms. The highest BCUT2D eigenvalue weighted by Gasteiger charge is 2.36. The topological polar surface area (TPSA) is 40.5 Å². The first-order chi connectivity index (χ1) is 12.1. The van der Waals surface area contributed by atoms with Gasteiger partial charge in [-0.3, -0.25) is 9.69 Å². The monoisotopic (exact) mass is 371 g/mol. The average Bonchev–Trinajstić information content (AvgIpc) is 3.22. The molecule has 2 atom stereocenters. The van der Waals surface area contributed by atoms with Crippen LogP contribution in [0.25, 0.3) is 10.1 Å². The van der Waals surface area contributed by atoms with Gasteiger partial charge in [-0.2, -0.15) is 0 Å². The zero-order chi connectivity index (χ0) is 17.4. The van der Waals surface area contributed by atoms with Gasteiger partial charge >= 0.3 is 5.97 Å². The molecule has 1 saturated heterocycles. The van der Waals surface area contributed by atoms with Crippen molar-refractivity contribution in [2.24, 2.45) is 0 Å². The fourth-order valence-electron chi connectivity index (χ4n) is 3.77. The van der Waals surface area contributed by atoms with Gasteiger partial charge in [0.15, 0.2) is 0 Å². The maximum absolute atomic E-state index is 11.9. The number of aliphatic carboxylic acids is 1. The lowest BCUT2D eigenvalue weighted by Crippen LogP contribution is -2.46. The van der Waals surface area contributed by atoms with E-state index in [0.29, 0.717) is 0 Å². The molecule has 3 aromatic rings. The van der Waals surface area contributed by atoms with E-state index in [2.05, 4.69) is 53.6 Å². The highest BCUT2D eigenvalue weighted by atomic mass is 32.1. The number of hydrogen-bond donors (Lipinski definition) is 1. The van der Waals surface area contributed by atoms with Crippen molar-refractivity contribution in [2.45, 2.75) is 38.3 Å². The van der Waals surface area contributed by atoms with Crippen LogP contribution in [0.2, 0.25) is 0 Å². The lowest BCUT2D eigenvalue weighted by atomic mass is 9.97. The van der Waals surface area contributed by atoms with Crippen molar-refractivity contribution in [3.05, 3.63) is 57.1 Å². The summed E-state index contributed by atoms with van der Waals surface area (Å²) in [5.74, 6) is -0.694. The fraction of sp³-hybridized carbons (Fsp3) is 0.350. The van der Waals surface area contributed by atoms with Crippen molar-refractivity contribution < 1.29 is 9.90 Å². The Labute approximate surface area is 155 Å². The zero-order valence-corrected chi connectivity index (χ0v) is 15.8. The first-order valence-electron chi connectivity index (χ1n) is 8.66. The minimum absolute atomic E-state index is 0.0406. The highest BCUT2D eigenvalue weighted by molar-refractivity contribution is 7.19. The van der Waals surface area contributed by atoms with Crippen LogP contribution in [0.5, 0.6) is 0 Å². The van der Waals surface area contributed by atoms with Gasteiger partial charge in [0.05, 0.1) is 6.04 Å². The molecular formula is C20H21NO2S2. The number of aryl methyl sites for hydroxylation is 1. The van der Waals surface area contributed by atoms with E-state index in [0.717, 1.165) is 25.8 Å². The number of carboxylic acids is 1. The van der Waals surface area contributed by atoms with Gasteiger partial charge in [-0.15, -0.1) is 22.7 Å². The standard InChI is InChI=1S/C20H21NO2S2/c1-13-9-11-24-19(13)18(21-10-5-4-7-15(21)20(22)23)17-12-14-6-2-3-8-16(14)25-17/h2-3,6,8-9,11-12,15,18H,4-5,7,10H2,1H3,(H,22,23). The molecule has 130 valence electrons. The van der Waals surface area contributed by atoms with Gasteiger partial charge in [-0.1, -0.05) is 24.6 Å². The third kappa shape index (κ3) is 3.12. The van der Waals surface area contributed by atoms with Crippen molar-refractivity contribution in [3.8, 4) is 0 Å². The number of fused-ring (bicyclic) bond motifs is 1. The van der Waals surface area contributed by atoms with E-state index < -0.39 is 12.0 Å². The lowest BCUT2D eigenvalue weighted by molar-refractivity contribution is -0.145. The number of piperidine rings is 1. The van der Waals surface area contributed by atoms with Gasteiger partial charge in [-0.25, -0.2) is 0 Å². The third-order valence-corrected chi connectivity index (χ3v) is 7.26. The lowest BCUT2D eigenvalue weighted by Gasteiger charge is -2.38. The molecule has 25 heavy (non-hydrogen) atoms. The van der Waals surface area contributed by atoms with Crippen LogP contribution in [0.4, 0.5) is 0 Å². The third-order valence-electron chi connectivity index (χ3n) is 5.03. The molecule has 1 N–H and O–H groups in total. The number of rotatable bonds is 4. The molecule has 2 unspecified atom stereocenters. The van der Waals surface area contributed by atoms with Crippen molar-refractivity contribution in [2.75, 3.05) is 6.54 Å². The Kier molecular flexibility index (Phi) is 4.63. The van der Waals surface area contributed by atoms with Crippen LogP contribution in [-0.4, -0.2) is 28.6 Å². The fourth-order valence-corrected chi connectivity index (χ4v) is 6.11. The smallest absolute Gasteiger partial charge is 0.320 e. The van der Waals surface area contributed by atoms with Crippen LogP contribution >= 0.6 is 22.7 Å². The van der Waals surface area contributed by atoms with E-state index in [1.54, 1.807) is 22.7 Å². The van der Waals surface area contributed by atoms with Crippen molar-refractivity contribution in [3.63, 3.8) is 0 Å². The maximum Gasteiger partial charge on any atom is 0.320 e. The number of nitrogens with zero attached hydrogens (tertiary/aromatic N) is 1. The van der Waals surface area contributed by atoms with E-state index in [-0.39, 0.29) is 6.04 Å². The molecule has 1 aromatic carbocycles. The summed E-state index contributed by atoms with van der Waals surface area (Å²) in [7, 11) is 0. The first-order valence-corrected chi connectivity index (χ1v) is 10.4. The van der Waals surface area contributed by atoms with Crippen LogP contribution in [0.3, 0.4) is 0 Å². The second kappa shape index (κ2) is 6.90. The number of hydrogen-bond acceptors (Lipinski definition) is 4. The Hall–Kier alpha value is -1.69. The number of likely N-dealkylation sites (tertiary alicyclic amines) is 1. The second-order valence-electron chi connectivity index (χ2n) is 6.64. The number of thiophene rings is 2. The van der Waals surface area contributed by atoms with Crippen LogP contribution in [0, 0.1) is 6.92 Å². The van der Waals surface area contributed by atoms with Gasteiger partial charge in [0, 0.05) is 14.5 Å². The van der Waals surface area contributed by atoms with Gasteiger partial charge < -0.3 is 5.11 Å². The zero-order valence-electron chi connectivity index (χ0n) is 14.1. The van der Waals surface area contributed by atoms with E-state index in [1.807, 2.05) is 0 Å². The van der Waals surface area contributed by atoms with Gasteiger partial charge in [0.1, 0.15) is 6.04 Å². The molecule has 2 aromatic heterocycles. The van der Waals surface area contributed by atoms with Crippen LogP contribution < -0.4 is 0 Å². The van der Waals surface area contributed by atoms with Crippen LogP contribution in [-0.2, 0) is 4.79 Å².